The Kier molecular flexibility index (Phi) is 7.14. The fourth-order valence-corrected chi connectivity index (χ4v) is 4.12. The number of carbonyl (C=O) groups is 1. The highest BCUT2D eigenvalue weighted by Gasteiger charge is 2.34. The average Bonchev–Trinajstić information content (AvgIpc) is 3.02. The van der Waals surface area contributed by atoms with Gasteiger partial charge in [-0.3, -0.25) is 0 Å². The maximum atomic E-state index is 12.0. The molecule has 29 heavy (non-hydrogen) atoms. The maximum absolute atomic E-state index is 12.0. The molecule has 0 fully saturated rings. The van der Waals surface area contributed by atoms with Gasteiger partial charge in [0.05, 0.1) is 0 Å². The van der Waals surface area contributed by atoms with Crippen molar-refractivity contribution in [2.24, 2.45) is 5.92 Å². The Morgan fingerprint density at radius 1 is 1.07 bits per heavy atom. The lowest BCUT2D eigenvalue weighted by Gasteiger charge is -2.20. The minimum Gasteiger partial charge on any atom is -0.303 e. The molecule has 154 valence electrons. The van der Waals surface area contributed by atoms with Crippen LogP contribution < -0.4 is 5.48 Å². The highest BCUT2D eigenvalue weighted by atomic mass is 31.1. The summed E-state index contributed by atoms with van der Waals surface area (Å²) >= 11 is 0. The van der Waals surface area contributed by atoms with Crippen molar-refractivity contribution in [3.8, 4) is 11.1 Å². The number of hydrogen-bond acceptors (Lipinski definition) is 5. The van der Waals surface area contributed by atoms with Crippen molar-refractivity contribution in [1.82, 2.24) is 5.48 Å². The first kappa shape index (κ1) is 21.6. The number of benzene rings is 2. The molecule has 1 N–H and O–H groups in total. The Hall–Kier alpha value is -2.12. The molecule has 2 aromatic rings. The molecule has 0 saturated heterocycles. The van der Waals surface area contributed by atoms with Gasteiger partial charge >= 0.3 is 14.4 Å². The molecular formula is C20H20F3NO4P+. The molecule has 0 radical (unpaired) electrons. The van der Waals surface area contributed by atoms with Crippen molar-refractivity contribution in [2.45, 2.75) is 24.9 Å². The zero-order chi connectivity index (χ0) is 20.9. The van der Waals surface area contributed by atoms with Crippen molar-refractivity contribution in [2.75, 3.05) is 13.2 Å². The minimum absolute atomic E-state index is 0.00323. The zero-order valence-corrected chi connectivity index (χ0v) is 16.3. The summed E-state index contributed by atoms with van der Waals surface area (Å²) in [7, 11) is -2.71. The van der Waals surface area contributed by atoms with E-state index < -0.39 is 21.0 Å². The molecule has 0 amide bonds. The number of halogens is 3. The minimum atomic E-state index is -4.47. The molecule has 0 heterocycles. The summed E-state index contributed by atoms with van der Waals surface area (Å²) in [4.78, 5) is 11.8. The van der Waals surface area contributed by atoms with Crippen molar-refractivity contribution < 1.29 is 31.7 Å². The standard InChI is InChI=1S/C20H20F3NO4P/c21-20(22,23)13-24-28-29(26)27-11-5-6-14(12-25)19-17-9-3-1-7-15(17)16-8-2-4-10-18(16)19/h1-4,7-10,12,14,19,24H,5-6,11,13H2/q+1. The van der Waals surface area contributed by atoms with Crippen LogP contribution in [0.4, 0.5) is 13.2 Å². The fraction of sp³-hybridized carbons (Fsp3) is 0.350. The third-order valence-electron chi connectivity index (χ3n) is 4.78. The second-order valence-corrected chi connectivity index (χ2v) is 7.57. The van der Waals surface area contributed by atoms with E-state index in [1.165, 1.54) is 0 Å². The van der Waals surface area contributed by atoms with E-state index in [0.717, 1.165) is 28.5 Å². The molecule has 0 aliphatic heterocycles. The molecule has 0 bridgehead atoms. The van der Waals surface area contributed by atoms with Crippen molar-refractivity contribution in [3.63, 3.8) is 0 Å². The number of alkyl halides is 3. The summed E-state index contributed by atoms with van der Waals surface area (Å²) in [6.45, 7) is -1.42. The van der Waals surface area contributed by atoms with Crippen LogP contribution >= 0.6 is 8.25 Å². The van der Waals surface area contributed by atoms with Gasteiger partial charge in [0.2, 0.25) is 0 Å². The van der Waals surface area contributed by atoms with Gasteiger partial charge in [0.1, 0.15) is 19.4 Å². The Morgan fingerprint density at radius 2 is 1.66 bits per heavy atom. The smallest absolute Gasteiger partial charge is 0.303 e. The number of nitrogens with one attached hydrogen (secondary N) is 1. The molecule has 9 heteroatoms. The number of aldehydes is 1. The molecule has 1 aliphatic rings. The molecule has 5 nitrogen and oxygen atoms in total. The largest absolute Gasteiger partial charge is 0.716 e. The molecular weight excluding hydrogens is 406 g/mol. The van der Waals surface area contributed by atoms with Gasteiger partial charge in [0.15, 0.2) is 0 Å². The number of rotatable bonds is 10. The first-order valence-corrected chi connectivity index (χ1v) is 10.2. The van der Waals surface area contributed by atoms with E-state index in [4.69, 9.17) is 4.52 Å². The number of hydrogen-bond donors (Lipinski definition) is 1. The van der Waals surface area contributed by atoms with E-state index in [1.54, 1.807) is 5.48 Å². The summed E-state index contributed by atoms with van der Waals surface area (Å²) in [5.74, 6) is -0.371. The van der Waals surface area contributed by atoms with E-state index in [9.17, 15) is 22.5 Å². The lowest BCUT2D eigenvalue weighted by Crippen LogP contribution is -2.27. The lowest BCUT2D eigenvalue weighted by molar-refractivity contribution is -0.137. The first-order chi connectivity index (χ1) is 13.9. The molecule has 0 spiro atoms. The maximum Gasteiger partial charge on any atom is 0.716 e. The Balaban J connectivity index is 1.55. The van der Waals surface area contributed by atoms with Crippen molar-refractivity contribution in [1.29, 1.82) is 0 Å². The van der Waals surface area contributed by atoms with Crippen molar-refractivity contribution >= 4 is 14.5 Å². The molecule has 3 rings (SSSR count). The molecule has 2 unspecified atom stereocenters. The van der Waals surface area contributed by atoms with E-state index in [-0.39, 0.29) is 18.4 Å². The van der Waals surface area contributed by atoms with Crippen LogP contribution in [0.2, 0.25) is 0 Å². The third-order valence-corrected chi connectivity index (χ3v) is 5.45. The third kappa shape index (κ3) is 5.48. The van der Waals surface area contributed by atoms with Gasteiger partial charge in [-0.15, -0.1) is 10.0 Å². The van der Waals surface area contributed by atoms with Crippen LogP contribution in [0.5, 0.6) is 0 Å². The second kappa shape index (κ2) is 9.59. The quantitative estimate of drug-likeness (QED) is 0.246. The second-order valence-electron chi connectivity index (χ2n) is 6.68. The summed E-state index contributed by atoms with van der Waals surface area (Å²) < 4.78 is 56.6. The normalized spacial score (nSPS) is 14.9. The van der Waals surface area contributed by atoms with E-state index in [2.05, 4.69) is 4.62 Å². The van der Waals surface area contributed by atoms with Crippen LogP contribution in [0, 0.1) is 5.92 Å². The number of hydroxylamine groups is 1. The van der Waals surface area contributed by atoms with Gasteiger partial charge in [0, 0.05) is 16.4 Å². The topological polar surface area (TPSA) is 64.6 Å². The Bertz CT molecular complexity index is 829. The van der Waals surface area contributed by atoms with Crippen molar-refractivity contribution in [3.05, 3.63) is 59.7 Å². The lowest BCUT2D eigenvalue weighted by atomic mass is 9.82. The molecule has 1 aliphatic carbocycles. The molecule has 0 aromatic heterocycles. The van der Waals surface area contributed by atoms with Gasteiger partial charge in [-0.2, -0.15) is 13.2 Å². The summed E-state index contributed by atoms with van der Waals surface area (Å²) in [5, 5.41) is 0. The zero-order valence-electron chi connectivity index (χ0n) is 15.4. The van der Waals surface area contributed by atoms with E-state index in [1.807, 2.05) is 48.5 Å². The van der Waals surface area contributed by atoms with Crippen LogP contribution in [0.1, 0.15) is 29.9 Å². The molecule has 0 saturated carbocycles. The number of fused-ring (bicyclic) bond motifs is 3. The Labute approximate surface area is 167 Å². The average molecular weight is 426 g/mol. The summed E-state index contributed by atoms with van der Waals surface area (Å²) in [6.07, 6.45) is -2.66. The van der Waals surface area contributed by atoms with Crippen LogP contribution in [-0.4, -0.2) is 25.6 Å². The number of carbonyl (C=O) groups excluding carboxylic acids is 1. The highest BCUT2D eigenvalue weighted by molar-refractivity contribution is 7.33. The van der Waals surface area contributed by atoms with E-state index in [0.29, 0.717) is 12.8 Å². The van der Waals surface area contributed by atoms with Gasteiger partial charge < -0.3 is 4.79 Å². The highest BCUT2D eigenvalue weighted by Crippen LogP contribution is 2.48. The fourth-order valence-electron chi connectivity index (χ4n) is 3.62. The van der Waals surface area contributed by atoms with Gasteiger partial charge in [0.25, 0.3) is 0 Å². The van der Waals surface area contributed by atoms with Crippen LogP contribution in [0.15, 0.2) is 48.5 Å². The van der Waals surface area contributed by atoms with Gasteiger partial charge in [-0.1, -0.05) is 48.5 Å². The van der Waals surface area contributed by atoms with Gasteiger partial charge in [-0.05, 0) is 39.7 Å². The van der Waals surface area contributed by atoms with Gasteiger partial charge in [-0.25, -0.2) is 0 Å². The van der Waals surface area contributed by atoms with Crippen LogP contribution in [0.25, 0.3) is 11.1 Å². The van der Waals surface area contributed by atoms with E-state index >= 15 is 0 Å². The molecule has 2 aromatic carbocycles. The predicted molar refractivity (Wildman–Crippen MR) is 101 cm³/mol. The molecule has 2 atom stereocenters. The first-order valence-electron chi connectivity index (χ1n) is 9.11. The monoisotopic (exact) mass is 426 g/mol. The predicted octanol–water partition coefficient (Wildman–Crippen LogP) is 5.15. The van der Waals surface area contributed by atoms with Crippen LogP contribution in [-0.2, 0) is 18.5 Å². The van der Waals surface area contributed by atoms with Crippen LogP contribution in [0.3, 0.4) is 0 Å². The summed E-state index contributed by atoms with van der Waals surface area (Å²) in [5.41, 5.74) is 5.98. The summed E-state index contributed by atoms with van der Waals surface area (Å²) in [6, 6.07) is 15.9. The SMILES string of the molecule is O=CC(CCCO[P+](=O)ONCC(F)(F)F)C1c2ccccc2-c2ccccc21. The Morgan fingerprint density at radius 3 is 2.21 bits per heavy atom.